The Morgan fingerprint density at radius 2 is 2.31 bits per heavy atom. The molecule has 2 heterocycles. The second kappa shape index (κ2) is 7.68. The number of nitrogens with one attached hydrogen (secondary N) is 1. The highest BCUT2D eigenvalue weighted by Gasteiger charge is 2.31. The van der Waals surface area contributed by atoms with Gasteiger partial charge in [-0.3, -0.25) is 9.78 Å². The summed E-state index contributed by atoms with van der Waals surface area (Å²) in [5.74, 6) is -0.237. The van der Waals surface area contributed by atoms with Crippen LogP contribution in [0.3, 0.4) is 0 Å². The molecule has 1 saturated heterocycles. The van der Waals surface area contributed by atoms with E-state index in [9.17, 15) is 15.2 Å². The number of carbonyl (C=O) groups is 1. The van der Waals surface area contributed by atoms with Crippen LogP contribution in [0.1, 0.15) is 19.4 Å². The summed E-state index contributed by atoms with van der Waals surface area (Å²) in [6.45, 7) is 4.76. The third-order valence-electron chi connectivity index (χ3n) is 4.33. The number of aliphatic hydroxyl groups excluding tert-OH is 1. The van der Waals surface area contributed by atoms with E-state index in [1.807, 2.05) is 25.1 Å². The normalized spacial score (nSPS) is 21.2. The van der Waals surface area contributed by atoms with E-state index in [0.29, 0.717) is 24.2 Å². The number of benzene rings is 1. The van der Waals surface area contributed by atoms with Crippen LogP contribution in [0.2, 0.25) is 0 Å². The average Bonchev–Trinajstić information content (AvgIpc) is 2.64. The van der Waals surface area contributed by atoms with Crippen molar-refractivity contribution in [3.63, 3.8) is 0 Å². The Labute approximate surface area is 152 Å². The number of amides is 1. The fourth-order valence-electron chi connectivity index (χ4n) is 3.18. The van der Waals surface area contributed by atoms with Crippen LogP contribution in [0.5, 0.6) is 0 Å². The Morgan fingerprint density at radius 3 is 3.04 bits per heavy atom. The lowest BCUT2D eigenvalue weighted by Crippen LogP contribution is -2.53. The molecular weight excluding hydrogens is 332 g/mol. The first-order chi connectivity index (χ1) is 12.5. The van der Waals surface area contributed by atoms with Crippen LogP contribution in [0, 0.1) is 11.3 Å². The second-order valence-corrected chi connectivity index (χ2v) is 6.58. The molecule has 1 aliphatic heterocycles. The molecule has 0 bridgehead atoms. The van der Waals surface area contributed by atoms with Crippen LogP contribution in [-0.4, -0.2) is 53.9 Å². The van der Waals surface area contributed by atoms with Crippen molar-refractivity contribution in [2.24, 2.45) is 0 Å². The molecule has 2 N–H and O–H groups in total. The van der Waals surface area contributed by atoms with Gasteiger partial charge in [0.05, 0.1) is 29.8 Å². The van der Waals surface area contributed by atoms with Crippen molar-refractivity contribution in [3.05, 3.63) is 36.0 Å². The highest BCUT2D eigenvalue weighted by molar-refractivity contribution is 5.95. The van der Waals surface area contributed by atoms with E-state index < -0.39 is 12.2 Å². The molecule has 7 heteroatoms. The quantitative estimate of drug-likeness (QED) is 0.856. The Bertz CT molecular complexity index is 846. The average molecular weight is 354 g/mol. The number of hydrogen-bond acceptors (Lipinski definition) is 6. The summed E-state index contributed by atoms with van der Waals surface area (Å²) < 4.78 is 5.79. The fraction of sp³-hybridized carbons (Fsp3) is 0.421. The Kier molecular flexibility index (Phi) is 5.35. The first-order valence-corrected chi connectivity index (χ1v) is 8.63. The molecule has 7 nitrogen and oxygen atoms in total. The summed E-state index contributed by atoms with van der Waals surface area (Å²) >= 11 is 0. The molecule has 0 aliphatic carbocycles. The first-order valence-electron chi connectivity index (χ1n) is 8.63. The minimum atomic E-state index is -0.625. The number of aromatic nitrogens is 1. The fourth-order valence-corrected chi connectivity index (χ4v) is 3.18. The van der Waals surface area contributed by atoms with E-state index in [-0.39, 0.29) is 18.6 Å². The van der Waals surface area contributed by atoms with Gasteiger partial charge in [-0.15, -0.1) is 0 Å². The van der Waals surface area contributed by atoms with Gasteiger partial charge in [-0.25, -0.2) is 0 Å². The van der Waals surface area contributed by atoms with Crippen molar-refractivity contribution in [2.75, 3.05) is 24.5 Å². The molecule has 0 spiro atoms. The van der Waals surface area contributed by atoms with Gasteiger partial charge in [-0.2, -0.15) is 5.26 Å². The summed E-state index contributed by atoms with van der Waals surface area (Å²) in [5, 5.41) is 22.2. The Hall–Kier alpha value is -2.69. The maximum absolute atomic E-state index is 12.4. The molecule has 1 amide bonds. The van der Waals surface area contributed by atoms with E-state index in [1.165, 1.54) is 0 Å². The predicted molar refractivity (Wildman–Crippen MR) is 97.7 cm³/mol. The summed E-state index contributed by atoms with van der Waals surface area (Å²) in [5.41, 5.74) is 2.11. The number of ether oxygens (including phenoxy) is 1. The smallest absolute Gasteiger partial charge is 0.251 e. The van der Waals surface area contributed by atoms with Crippen LogP contribution < -0.4 is 10.2 Å². The van der Waals surface area contributed by atoms with Gasteiger partial charge in [-0.1, -0.05) is 0 Å². The number of fused-ring (bicyclic) bond motifs is 1. The summed E-state index contributed by atoms with van der Waals surface area (Å²) in [4.78, 5) is 18.8. The van der Waals surface area contributed by atoms with Crippen LogP contribution in [0.25, 0.3) is 10.9 Å². The van der Waals surface area contributed by atoms with Crippen LogP contribution in [0.4, 0.5) is 5.69 Å². The molecule has 1 aromatic heterocycles. The van der Waals surface area contributed by atoms with Crippen LogP contribution >= 0.6 is 0 Å². The van der Waals surface area contributed by atoms with Gasteiger partial charge >= 0.3 is 0 Å². The third-order valence-corrected chi connectivity index (χ3v) is 4.33. The highest BCUT2D eigenvalue weighted by Crippen LogP contribution is 2.30. The topological polar surface area (TPSA) is 98.5 Å². The van der Waals surface area contributed by atoms with Gasteiger partial charge in [-0.05, 0) is 38.1 Å². The monoisotopic (exact) mass is 354 g/mol. The number of morpholine rings is 1. The van der Waals surface area contributed by atoms with Gasteiger partial charge in [0.25, 0.3) is 5.91 Å². The number of nitrogens with zero attached hydrogens (tertiary/aromatic N) is 3. The zero-order valence-electron chi connectivity index (χ0n) is 14.8. The number of pyridine rings is 1. The molecule has 0 saturated carbocycles. The molecule has 0 radical (unpaired) electrons. The van der Waals surface area contributed by atoms with Gasteiger partial charge in [0.15, 0.2) is 6.10 Å². The maximum Gasteiger partial charge on any atom is 0.251 e. The number of nitriles is 1. The zero-order chi connectivity index (χ0) is 18.7. The van der Waals surface area contributed by atoms with Crippen molar-refractivity contribution in [2.45, 2.75) is 32.2 Å². The van der Waals surface area contributed by atoms with E-state index in [4.69, 9.17) is 4.74 Å². The second-order valence-electron chi connectivity index (χ2n) is 6.58. The van der Waals surface area contributed by atoms with E-state index in [0.717, 1.165) is 11.1 Å². The van der Waals surface area contributed by atoms with Crippen molar-refractivity contribution in [1.82, 2.24) is 10.3 Å². The van der Waals surface area contributed by atoms with E-state index >= 15 is 0 Å². The van der Waals surface area contributed by atoms with Crippen molar-refractivity contribution >= 4 is 22.5 Å². The maximum atomic E-state index is 12.4. The largest absolute Gasteiger partial charge is 0.392 e. The lowest BCUT2D eigenvalue weighted by Gasteiger charge is -2.38. The number of aliphatic hydroxyl groups is 1. The first kappa shape index (κ1) is 18.1. The number of hydrogen-bond donors (Lipinski definition) is 2. The predicted octanol–water partition coefficient (Wildman–Crippen LogP) is 1.20. The lowest BCUT2D eigenvalue weighted by atomic mass is 10.1. The SMILES string of the molecule is CC(O)CNC(=O)[C@H]1CN(c2ccc(C#N)c3ncccc23)C[C@@H](C)O1. The van der Waals surface area contributed by atoms with Crippen molar-refractivity contribution in [3.8, 4) is 6.07 Å². The molecule has 1 unspecified atom stereocenters. The molecule has 3 rings (SSSR count). The minimum absolute atomic E-state index is 0.131. The molecular formula is C19H22N4O3. The zero-order valence-corrected chi connectivity index (χ0v) is 14.8. The molecule has 1 aliphatic rings. The summed E-state index contributed by atoms with van der Waals surface area (Å²) in [6.07, 6.45) is 0.305. The summed E-state index contributed by atoms with van der Waals surface area (Å²) in [7, 11) is 0. The number of rotatable bonds is 4. The number of anilines is 1. The Morgan fingerprint density at radius 1 is 1.50 bits per heavy atom. The van der Waals surface area contributed by atoms with Gasteiger partial charge < -0.3 is 20.1 Å². The Balaban J connectivity index is 1.88. The molecule has 2 aromatic rings. The molecule has 136 valence electrons. The standard InChI is InChI=1S/C19H22N4O3/c1-12(24)9-22-19(25)17-11-23(10-13(2)26-17)16-6-5-14(8-20)18-15(16)4-3-7-21-18/h3-7,12-13,17,24H,9-11H2,1-2H3,(H,22,25)/t12?,13-,17-/m1/s1. The minimum Gasteiger partial charge on any atom is -0.392 e. The van der Waals surface area contributed by atoms with Gasteiger partial charge in [0.2, 0.25) is 0 Å². The molecule has 1 fully saturated rings. The lowest BCUT2D eigenvalue weighted by molar-refractivity contribution is -0.137. The van der Waals surface area contributed by atoms with Gasteiger partial charge in [0, 0.05) is 30.4 Å². The third kappa shape index (κ3) is 3.77. The highest BCUT2D eigenvalue weighted by atomic mass is 16.5. The van der Waals surface area contributed by atoms with Crippen molar-refractivity contribution < 1.29 is 14.6 Å². The van der Waals surface area contributed by atoms with Crippen molar-refractivity contribution in [1.29, 1.82) is 5.26 Å². The molecule has 26 heavy (non-hydrogen) atoms. The number of carbonyl (C=O) groups excluding carboxylic acids is 1. The van der Waals surface area contributed by atoms with E-state index in [2.05, 4.69) is 21.3 Å². The van der Waals surface area contributed by atoms with E-state index in [1.54, 1.807) is 19.2 Å². The van der Waals surface area contributed by atoms with Crippen LogP contribution in [-0.2, 0) is 9.53 Å². The van der Waals surface area contributed by atoms with Crippen LogP contribution in [0.15, 0.2) is 30.5 Å². The molecule has 3 atom stereocenters. The summed E-state index contributed by atoms with van der Waals surface area (Å²) in [6, 6.07) is 9.59. The molecule has 1 aromatic carbocycles. The van der Waals surface area contributed by atoms with Gasteiger partial charge in [0.1, 0.15) is 6.07 Å².